The maximum atomic E-state index is 9.87. The molecule has 19 heavy (non-hydrogen) atoms. The van der Waals surface area contributed by atoms with Crippen LogP contribution < -0.4 is 5.32 Å². The molecule has 0 radical (unpaired) electrons. The van der Waals surface area contributed by atoms with Crippen LogP contribution in [-0.4, -0.2) is 27.7 Å². The predicted octanol–water partition coefficient (Wildman–Crippen LogP) is 2.83. The Balaban J connectivity index is 1.81. The number of aryl methyl sites for hydroxylation is 1. The van der Waals surface area contributed by atoms with Crippen LogP contribution in [0.5, 0.6) is 0 Å². The number of nitrogens with one attached hydrogen (secondary N) is 1. The maximum absolute atomic E-state index is 9.87. The number of aromatic nitrogens is 2. The molecule has 0 spiro atoms. The molecule has 2 N–H and O–H groups in total. The van der Waals surface area contributed by atoms with Gasteiger partial charge in [0.15, 0.2) is 0 Å². The molecule has 2 unspecified atom stereocenters. The summed E-state index contributed by atoms with van der Waals surface area (Å²) in [5.41, 5.74) is 0. The van der Waals surface area contributed by atoms with Gasteiger partial charge < -0.3 is 10.4 Å². The van der Waals surface area contributed by atoms with Crippen molar-refractivity contribution in [1.29, 1.82) is 0 Å². The summed E-state index contributed by atoms with van der Waals surface area (Å²) < 4.78 is 0. The predicted molar refractivity (Wildman–Crippen MR) is 78.6 cm³/mol. The van der Waals surface area contributed by atoms with Crippen LogP contribution in [0.25, 0.3) is 10.2 Å². The second kappa shape index (κ2) is 5.43. The zero-order chi connectivity index (χ0) is 13.2. The number of aliphatic hydroxyl groups excluding tert-OH is 1. The Morgan fingerprint density at radius 3 is 3.05 bits per heavy atom. The summed E-state index contributed by atoms with van der Waals surface area (Å²) in [5, 5.41) is 16.4. The number of hydrogen-bond acceptors (Lipinski definition) is 5. The van der Waals surface area contributed by atoms with Gasteiger partial charge in [-0.15, -0.1) is 11.3 Å². The SMILES string of the molecule is CCc1nc(NCC2CCCC2O)c2ccsc2n1. The molecule has 0 aliphatic heterocycles. The van der Waals surface area contributed by atoms with E-state index in [4.69, 9.17) is 0 Å². The Hall–Kier alpha value is -1.20. The molecule has 1 aliphatic rings. The third-order valence-corrected chi connectivity index (χ3v) is 4.64. The van der Waals surface area contributed by atoms with Crippen LogP contribution in [0.2, 0.25) is 0 Å². The fraction of sp³-hybridized carbons (Fsp3) is 0.571. The molecule has 0 bridgehead atoms. The summed E-state index contributed by atoms with van der Waals surface area (Å²) in [6.45, 7) is 2.87. The number of rotatable bonds is 4. The van der Waals surface area contributed by atoms with Gasteiger partial charge in [-0.3, -0.25) is 0 Å². The van der Waals surface area contributed by atoms with E-state index >= 15 is 0 Å². The van der Waals surface area contributed by atoms with E-state index in [-0.39, 0.29) is 6.10 Å². The Bertz CT molecular complexity index is 569. The molecule has 1 saturated carbocycles. The number of nitrogens with zero attached hydrogens (tertiary/aromatic N) is 2. The molecular formula is C14H19N3OS. The maximum Gasteiger partial charge on any atom is 0.138 e. The number of hydrogen-bond donors (Lipinski definition) is 2. The highest BCUT2D eigenvalue weighted by Gasteiger charge is 2.25. The molecule has 0 saturated heterocycles. The van der Waals surface area contributed by atoms with Gasteiger partial charge in [-0.1, -0.05) is 13.3 Å². The van der Waals surface area contributed by atoms with E-state index in [1.54, 1.807) is 11.3 Å². The highest BCUT2D eigenvalue weighted by atomic mass is 32.1. The van der Waals surface area contributed by atoms with Crippen molar-refractivity contribution >= 4 is 27.4 Å². The number of aliphatic hydroxyl groups is 1. The van der Waals surface area contributed by atoms with Crippen LogP contribution in [0.1, 0.15) is 32.0 Å². The van der Waals surface area contributed by atoms with E-state index in [2.05, 4.69) is 28.3 Å². The zero-order valence-corrected chi connectivity index (χ0v) is 11.9. The number of thiophene rings is 1. The van der Waals surface area contributed by atoms with Crippen molar-refractivity contribution in [3.8, 4) is 0 Å². The third kappa shape index (κ3) is 2.58. The fourth-order valence-corrected chi connectivity index (χ4v) is 3.46. The van der Waals surface area contributed by atoms with Crippen LogP contribution in [0.4, 0.5) is 5.82 Å². The van der Waals surface area contributed by atoms with E-state index < -0.39 is 0 Å². The summed E-state index contributed by atoms with van der Waals surface area (Å²) in [6, 6.07) is 2.06. The molecule has 2 aromatic rings. The van der Waals surface area contributed by atoms with Crippen molar-refractivity contribution in [2.24, 2.45) is 5.92 Å². The lowest BCUT2D eigenvalue weighted by atomic mass is 10.1. The summed E-state index contributed by atoms with van der Waals surface area (Å²) in [5.74, 6) is 2.15. The number of fused-ring (bicyclic) bond motifs is 1. The molecule has 1 aliphatic carbocycles. The fourth-order valence-electron chi connectivity index (χ4n) is 2.68. The smallest absolute Gasteiger partial charge is 0.138 e. The first-order chi connectivity index (χ1) is 9.28. The number of anilines is 1. The summed E-state index contributed by atoms with van der Waals surface area (Å²) in [6.07, 6.45) is 3.86. The summed E-state index contributed by atoms with van der Waals surface area (Å²) >= 11 is 1.65. The van der Waals surface area contributed by atoms with Crippen molar-refractivity contribution in [2.45, 2.75) is 38.7 Å². The summed E-state index contributed by atoms with van der Waals surface area (Å²) in [7, 11) is 0. The van der Waals surface area contributed by atoms with Crippen LogP contribution >= 0.6 is 11.3 Å². The van der Waals surface area contributed by atoms with E-state index in [1.807, 2.05) is 5.38 Å². The van der Waals surface area contributed by atoms with Gasteiger partial charge in [0.1, 0.15) is 16.5 Å². The van der Waals surface area contributed by atoms with Gasteiger partial charge in [-0.05, 0) is 24.3 Å². The first-order valence-electron chi connectivity index (χ1n) is 6.94. The van der Waals surface area contributed by atoms with Crippen LogP contribution in [0.3, 0.4) is 0 Å². The molecule has 0 amide bonds. The largest absolute Gasteiger partial charge is 0.393 e. The Morgan fingerprint density at radius 2 is 2.32 bits per heavy atom. The van der Waals surface area contributed by atoms with Gasteiger partial charge in [-0.2, -0.15) is 0 Å². The molecule has 102 valence electrons. The second-order valence-electron chi connectivity index (χ2n) is 5.12. The topological polar surface area (TPSA) is 58.0 Å². The average molecular weight is 277 g/mol. The van der Waals surface area contributed by atoms with Crippen molar-refractivity contribution in [2.75, 3.05) is 11.9 Å². The van der Waals surface area contributed by atoms with Crippen LogP contribution in [-0.2, 0) is 6.42 Å². The second-order valence-corrected chi connectivity index (χ2v) is 6.02. The van der Waals surface area contributed by atoms with Gasteiger partial charge in [0, 0.05) is 18.9 Å². The lowest BCUT2D eigenvalue weighted by Gasteiger charge is -2.16. The van der Waals surface area contributed by atoms with Crippen LogP contribution in [0.15, 0.2) is 11.4 Å². The Morgan fingerprint density at radius 1 is 1.42 bits per heavy atom. The van der Waals surface area contributed by atoms with Gasteiger partial charge in [0.2, 0.25) is 0 Å². The average Bonchev–Trinajstić information content (AvgIpc) is 3.04. The molecule has 2 heterocycles. The normalized spacial score (nSPS) is 23.1. The molecule has 2 atom stereocenters. The molecule has 0 aromatic carbocycles. The molecule has 2 aromatic heterocycles. The van der Waals surface area contributed by atoms with Crippen molar-refractivity contribution in [1.82, 2.24) is 9.97 Å². The summed E-state index contributed by atoms with van der Waals surface area (Å²) in [4.78, 5) is 10.2. The zero-order valence-electron chi connectivity index (χ0n) is 11.1. The van der Waals surface area contributed by atoms with E-state index in [9.17, 15) is 5.11 Å². The molecule has 5 heteroatoms. The van der Waals surface area contributed by atoms with Crippen LogP contribution in [0, 0.1) is 5.92 Å². The molecular weight excluding hydrogens is 258 g/mol. The van der Waals surface area contributed by atoms with E-state index in [0.717, 1.165) is 54.1 Å². The monoisotopic (exact) mass is 277 g/mol. The van der Waals surface area contributed by atoms with Crippen molar-refractivity contribution in [3.63, 3.8) is 0 Å². The van der Waals surface area contributed by atoms with Gasteiger partial charge in [0.05, 0.1) is 11.5 Å². The minimum Gasteiger partial charge on any atom is -0.393 e. The molecule has 1 fully saturated rings. The van der Waals surface area contributed by atoms with Gasteiger partial charge in [0.25, 0.3) is 0 Å². The Labute approximate surface area is 116 Å². The van der Waals surface area contributed by atoms with E-state index in [0.29, 0.717) is 5.92 Å². The van der Waals surface area contributed by atoms with E-state index in [1.165, 1.54) is 0 Å². The van der Waals surface area contributed by atoms with Crippen molar-refractivity contribution in [3.05, 3.63) is 17.3 Å². The minimum absolute atomic E-state index is 0.155. The standard InChI is InChI=1S/C14H19N3OS/c1-2-12-16-13(10-6-7-19-14(10)17-12)15-8-9-4-3-5-11(9)18/h6-7,9,11,18H,2-5,8H2,1H3,(H,15,16,17). The Kier molecular flexibility index (Phi) is 3.66. The minimum atomic E-state index is -0.155. The molecule has 3 rings (SSSR count). The van der Waals surface area contributed by atoms with Crippen molar-refractivity contribution < 1.29 is 5.11 Å². The van der Waals surface area contributed by atoms with Gasteiger partial charge >= 0.3 is 0 Å². The first-order valence-corrected chi connectivity index (χ1v) is 7.82. The third-order valence-electron chi connectivity index (χ3n) is 3.84. The lowest BCUT2D eigenvalue weighted by molar-refractivity contribution is 0.138. The van der Waals surface area contributed by atoms with Gasteiger partial charge in [-0.25, -0.2) is 9.97 Å². The highest BCUT2D eigenvalue weighted by molar-refractivity contribution is 7.16. The lowest BCUT2D eigenvalue weighted by Crippen LogP contribution is -2.22. The molecule has 4 nitrogen and oxygen atoms in total. The highest BCUT2D eigenvalue weighted by Crippen LogP contribution is 2.28. The first kappa shape index (κ1) is 12.8. The quantitative estimate of drug-likeness (QED) is 0.902.